The number of hydrogen-bond acceptors (Lipinski definition) is 11. The van der Waals surface area contributed by atoms with Crippen LogP contribution >= 0.6 is 35.3 Å². The number of anilines is 1. The molecular formula is C23H25N5O6S3. The second-order valence-corrected chi connectivity index (χ2v) is 10.4. The van der Waals surface area contributed by atoms with E-state index < -0.39 is 5.91 Å². The Morgan fingerprint density at radius 3 is 2.78 bits per heavy atom. The Morgan fingerprint density at radius 1 is 1.24 bits per heavy atom. The SMILES string of the molecule is COc1cc(/C=C2\SC(=S)N(NC(=O)CCN3CCOCC3)C2=O)ccc1OCC(=O)Nc1nccs1. The van der Waals surface area contributed by atoms with Gasteiger partial charge in [-0.2, -0.15) is 5.01 Å². The summed E-state index contributed by atoms with van der Waals surface area (Å²) in [6.07, 6.45) is 3.49. The van der Waals surface area contributed by atoms with Gasteiger partial charge < -0.3 is 14.2 Å². The highest BCUT2D eigenvalue weighted by Gasteiger charge is 2.33. The molecule has 0 unspecified atom stereocenters. The number of carbonyl (C=O) groups excluding carboxylic acids is 3. The number of methoxy groups -OCH3 is 1. The number of benzene rings is 1. The van der Waals surface area contributed by atoms with Gasteiger partial charge in [0.2, 0.25) is 5.91 Å². The van der Waals surface area contributed by atoms with Gasteiger partial charge in [-0.1, -0.05) is 17.8 Å². The molecule has 2 saturated heterocycles. The molecule has 11 nitrogen and oxygen atoms in total. The number of nitrogens with zero attached hydrogens (tertiary/aromatic N) is 3. The minimum absolute atomic E-state index is 0.223. The Kier molecular flexibility index (Phi) is 9.46. The number of nitrogens with one attached hydrogen (secondary N) is 2. The predicted molar refractivity (Wildman–Crippen MR) is 144 cm³/mol. The van der Waals surface area contributed by atoms with Gasteiger partial charge in [0, 0.05) is 37.6 Å². The van der Waals surface area contributed by atoms with Crippen molar-refractivity contribution in [3.05, 3.63) is 40.2 Å². The molecule has 2 aliphatic rings. The minimum atomic E-state index is -0.409. The molecule has 2 N–H and O–H groups in total. The lowest BCUT2D eigenvalue weighted by molar-refractivity contribution is -0.133. The van der Waals surface area contributed by atoms with Crippen LogP contribution in [0.15, 0.2) is 34.7 Å². The number of rotatable bonds is 10. The molecular weight excluding hydrogens is 538 g/mol. The third-order valence-electron chi connectivity index (χ3n) is 5.31. The predicted octanol–water partition coefficient (Wildman–Crippen LogP) is 2.12. The molecule has 2 aliphatic heterocycles. The summed E-state index contributed by atoms with van der Waals surface area (Å²) in [5, 5.41) is 5.98. The van der Waals surface area contributed by atoms with Crippen molar-refractivity contribution in [1.29, 1.82) is 0 Å². The number of thioether (sulfide) groups is 1. The van der Waals surface area contributed by atoms with Crippen molar-refractivity contribution in [2.45, 2.75) is 6.42 Å². The molecule has 1 aromatic carbocycles. The van der Waals surface area contributed by atoms with Crippen LogP contribution in [-0.4, -0.2) is 83.5 Å². The van der Waals surface area contributed by atoms with Gasteiger partial charge in [-0.05, 0) is 36.0 Å². The topological polar surface area (TPSA) is 122 Å². The number of thiazole rings is 1. The molecule has 196 valence electrons. The average Bonchev–Trinajstić information content (AvgIpc) is 3.50. The Labute approximate surface area is 227 Å². The van der Waals surface area contributed by atoms with Gasteiger partial charge in [0.25, 0.3) is 11.8 Å². The van der Waals surface area contributed by atoms with E-state index in [2.05, 4.69) is 20.6 Å². The summed E-state index contributed by atoms with van der Waals surface area (Å²) in [5.41, 5.74) is 3.27. The van der Waals surface area contributed by atoms with Gasteiger partial charge in [0.15, 0.2) is 27.6 Å². The van der Waals surface area contributed by atoms with Crippen molar-refractivity contribution in [2.75, 3.05) is 51.9 Å². The lowest BCUT2D eigenvalue weighted by atomic mass is 10.2. The molecule has 3 amide bonds. The first-order valence-electron chi connectivity index (χ1n) is 11.3. The van der Waals surface area contributed by atoms with Crippen molar-refractivity contribution in [1.82, 2.24) is 20.3 Å². The zero-order valence-corrected chi connectivity index (χ0v) is 22.4. The Bertz CT molecular complexity index is 1180. The minimum Gasteiger partial charge on any atom is -0.493 e. The molecule has 0 spiro atoms. The number of carbonyl (C=O) groups is 3. The van der Waals surface area contributed by atoms with Gasteiger partial charge >= 0.3 is 0 Å². The van der Waals surface area contributed by atoms with E-state index in [-0.39, 0.29) is 29.2 Å². The van der Waals surface area contributed by atoms with E-state index in [1.165, 1.54) is 18.4 Å². The summed E-state index contributed by atoms with van der Waals surface area (Å²) in [6, 6.07) is 5.06. The van der Waals surface area contributed by atoms with Gasteiger partial charge in [-0.3, -0.25) is 30.0 Å². The largest absolute Gasteiger partial charge is 0.493 e. The number of hydrogen-bond donors (Lipinski definition) is 2. The summed E-state index contributed by atoms with van der Waals surface area (Å²) in [7, 11) is 1.48. The van der Waals surface area contributed by atoms with E-state index in [9.17, 15) is 14.4 Å². The average molecular weight is 564 g/mol. The third kappa shape index (κ3) is 7.49. The maximum absolute atomic E-state index is 12.9. The highest BCUT2D eigenvalue weighted by Crippen LogP contribution is 2.34. The van der Waals surface area contributed by atoms with E-state index >= 15 is 0 Å². The van der Waals surface area contributed by atoms with Crippen LogP contribution in [0.4, 0.5) is 5.13 Å². The molecule has 0 bridgehead atoms. The molecule has 0 aliphatic carbocycles. The number of ether oxygens (including phenoxy) is 3. The second-order valence-electron chi connectivity index (χ2n) is 7.84. The molecule has 2 fully saturated rings. The van der Waals surface area contributed by atoms with Crippen LogP contribution in [0.3, 0.4) is 0 Å². The fraction of sp³-hybridized carbons (Fsp3) is 0.348. The van der Waals surface area contributed by atoms with E-state index in [0.29, 0.717) is 46.9 Å². The number of morpholine rings is 1. The highest BCUT2D eigenvalue weighted by atomic mass is 32.2. The Balaban J connectivity index is 1.33. The van der Waals surface area contributed by atoms with Gasteiger partial charge in [0.1, 0.15) is 0 Å². The van der Waals surface area contributed by atoms with Crippen LogP contribution in [0.5, 0.6) is 11.5 Å². The normalized spacial score (nSPS) is 17.2. The molecule has 1 aromatic heterocycles. The molecule has 3 heterocycles. The first kappa shape index (κ1) is 27.0. The monoisotopic (exact) mass is 563 g/mol. The van der Waals surface area contributed by atoms with E-state index in [4.69, 9.17) is 26.4 Å². The van der Waals surface area contributed by atoms with Gasteiger partial charge in [0.05, 0.1) is 25.2 Å². The zero-order chi connectivity index (χ0) is 26.2. The molecule has 0 radical (unpaired) electrons. The van der Waals surface area contributed by atoms with Crippen molar-refractivity contribution in [3.63, 3.8) is 0 Å². The molecule has 4 rings (SSSR count). The van der Waals surface area contributed by atoms with Crippen molar-refractivity contribution < 1.29 is 28.6 Å². The summed E-state index contributed by atoms with van der Waals surface area (Å²) >= 11 is 7.71. The zero-order valence-electron chi connectivity index (χ0n) is 19.9. The number of hydrazine groups is 1. The maximum Gasteiger partial charge on any atom is 0.285 e. The fourth-order valence-electron chi connectivity index (χ4n) is 3.46. The van der Waals surface area contributed by atoms with Gasteiger partial charge in [-0.25, -0.2) is 4.98 Å². The summed E-state index contributed by atoms with van der Waals surface area (Å²) in [6.45, 7) is 3.23. The highest BCUT2D eigenvalue weighted by molar-refractivity contribution is 8.26. The quantitative estimate of drug-likeness (QED) is 0.328. The van der Waals surface area contributed by atoms with Crippen LogP contribution in [0, 0.1) is 0 Å². The van der Waals surface area contributed by atoms with Crippen LogP contribution in [0.25, 0.3) is 6.08 Å². The lowest BCUT2D eigenvalue weighted by Crippen LogP contribution is -2.46. The van der Waals surface area contributed by atoms with Crippen LogP contribution in [0.1, 0.15) is 12.0 Å². The third-order valence-corrected chi connectivity index (χ3v) is 7.30. The summed E-state index contributed by atoms with van der Waals surface area (Å²) < 4.78 is 16.5. The number of amides is 3. The van der Waals surface area contributed by atoms with Crippen LogP contribution in [0.2, 0.25) is 0 Å². The smallest absolute Gasteiger partial charge is 0.285 e. The van der Waals surface area contributed by atoms with Crippen LogP contribution in [-0.2, 0) is 19.1 Å². The van der Waals surface area contributed by atoms with E-state index in [0.717, 1.165) is 29.9 Å². The number of thiocarbonyl (C=S) groups is 1. The van der Waals surface area contributed by atoms with Crippen molar-refractivity contribution in [3.8, 4) is 11.5 Å². The van der Waals surface area contributed by atoms with Gasteiger partial charge in [-0.15, -0.1) is 11.3 Å². The second kappa shape index (κ2) is 13.0. The Morgan fingerprint density at radius 2 is 2.05 bits per heavy atom. The first-order chi connectivity index (χ1) is 17.9. The summed E-state index contributed by atoms with van der Waals surface area (Å²) in [4.78, 5) is 43.9. The Hall–Kier alpha value is -3.04. The van der Waals surface area contributed by atoms with Crippen LogP contribution < -0.4 is 20.2 Å². The summed E-state index contributed by atoms with van der Waals surface area (Å²) in [5.74, 6) is -0.285. The van der Waals surface area contributed by atoms with Crippen molar-refractivity contribution in [2.24, 2.45) is 0 Å². The maximum atomic E-state index is 12.9. The van der Waals surface area contributed by atoms with E-state index in [1.54, 1.807) is 35.9 Å². The lowest BCUT2D eigenvalue weighted by Gasteiger charge is -2.26. The molecule has 37 heavy (non-hydrogen) atoms. The van der Waals surface area contributed by atoms with Crippen molar-refractivity contribution >= 4 is 68.6 Å². The standard InChI is InChI=1S/C23H25N5O6S3/c1-32-17-12-15(2-3-16(17)34-14-20(30)25-22-24-5-11-36-22)13-18-21(31)28(23(35)37-18)26-19(29)4-6-27-7-9-33-10-8-27/h2-3,5,11-13H,4,6-10,14H2,1H3,(H,26,29)(H,24,25,30)/b18-13-. The molecule has 2 aromatic rings. The fourth-order valence-corrected chi connectivity index (χ4v) is 5.18. The first-order valence-corrected chi connectivity index (χ1v) is 13.4. The molecule has 0 saturated carbocycles. The van der Waals surface area contributed by atoms with E-state index in [1.807, 2.05) is 0 Å². The molecule has 0 atom stereocenters. The number of aromatic nitrogens is 1. The molecule has 14 heteroatoms.